The zero-order valence-corrected chi connectivity index (χ0v) is 13.6. The SMILES string of the molecule is CNC(=O)c1cnc(C=Cc2ccc3c(c2)sc(=O)n3C)s1. The van der Waals surface area contributed by atoms with Gasteiger partial charge in [0.1, 0.15) is 9.88 Å². The Hall–Kier alpha value is -2.25. The predicted molar refractivity (Wildman–Crippen MR) is 91.5 cm³/mol. The number of aryl methyl sites for hydroxylation is 1. The second-order valence-corrected chi connectivity index (χ2v) is 6.68. The lowest BCUT2D eigenvalue weighted by Crippen LogP contribution is -2.16. The smallest absolute Gasteiger partial charge is 0.307 e. The van der Waals surface area contributed by atoms with Crippen molar-refractivity contribution in [1.29, 1.82) is 0 Å². The Kier molecular flexibility index (Phi) is 3.91. The van der Waals surface area contributed by atoms with Crippen LogP contribution >= 0.6 is 22.7 Å². The first-order valence-corrected chi connectivity index (χ1v) is 8.17. The van der Waals surface area contributed by atoms with Crippen LogP contribution in [0.1, 0.15) is 20.2 Å². The van der Waals surface area contributed by atoms with E-state index in [0.717, 1.165) is 20.8 Å². The number of hydrogen-bond donors (Lipinski definition) is 1. The summed E-state index contributed by atoms with van der Waals surface area (Å²) in [5.74, 6) is -0.132. The minimum absolute atomic E-state index is 0.0336. The fraction of sp³-hybridized carbons (Fsp3) is 0.133. The number of aromatic nitrogens is 2. The van der Waals surface area contributed by atoms with Crippen molar-refractivity contribution in [1.82, 2.24) is 14.9 Å². The Morgan fingerprint density at radius 1 is 1.32 bits per heavy atom. The molecule has 7 heteroatoms. The molecule has 2 heterocycles. The van der Waals surface area contributed by atoms with Crippen molar-refractivity contribution in [3.8, 4) is 0 Å². The van der Waals surface area contributed by atoms with E-state index in [2.05, 4.69) is 10.3 Å². The Morgan fingerprint density at radius 2 is 2.14 bits per heavy atom. The van der Waals surface area contributed by atoms with E-state index in [9.17, 15) is 9.59 Å². The summed E-state index contributed by atoms with van der Waals surface area (Å²) < 4.78 is 2.60. The van der Waals surface area contributed by atoms with Gasteiger partial charge in [0.2, 0.25) is 0 Å². The molecule has 3 aromatic rings. The van der Waals surface area contributed by atoms with Crippen LogP contribution in [0.3, 0.4) is 0 Å². The summed E-state index contributed by atoms with van der Waals surface area (Å²) in [5.41, 5.74) is 1.93. The minimum Gasteiger partial charge on any atom is -0.354 e. The molecule has 0 bridgehead atoms. The van der Waals surface area contributed by atoms with Crippen molar-refractivity contribution in [2.24, 2.45) is 7.05 Å². The van der Waals surface area contributed by atoms with E-state index in [1.165, 1.54) is 22.7 Å². The lowest BCUT2D eigenvalue weighted by molar-refractivity contribution is 0.0967. The maximum atomic E-state index is 11.6. The fourth-order valence-electron chi connectivity index (χ4n) is 2.01. The number of amides is 1. The molecule has 3 rings (SSSR count). The molecular formula is C15H13N3O2S2. The fourth-order valence-corrected chi connectivity index (χ4v) is 3.71. The molecule has 1 N–H and O–H groups in total. The third-order valence-corrected chi connectivity index (χ3v) is 5.17. The Bertz CT molecular complexity index is 934. The first kappa shape index (κ1) is 14.7. The van der Waals surface area contributed by atoms with Crippen LogP contribution in [0, 0.1) is 0 Å². The summed E-state index contributed by atoms with van der Waals surface area (Å²) in [7, 11) is 3.37. The van der Waals surface area contributed by atoms with Gasteiger partial charge in [-0.25, -0.2) is 4.98 Å². The number of fused-ring (bicyclic) bond motifs is 1. The number of benzene rings is 1. The summed E-state index contributed by atoms with van der Waals surface area (Å²) in [6.07, 6.45) is 5.36. The number of rotatable bonds is 3. The summed E-state index contributed by atoms with van der Waals surface area (Å²) in [5, 5.41) is 3.34. The van der Waals surface area contributed by atoms with Gasteiger partial charge in [0.15, 0.2) is 0 Å². The third-order valence-electron chi connectivity index (χ3n) is 3.21. The molecule has 1 aromatic carbocycles. The molecule has 22 heavy (non-hydrogen) atoms. The number of carbonyl (C=O) groups is 1. The van der Waals surface area contributed by atoms with Crippen LogP contribution in [-0.2, 0) is 7.05 Å². The van der Waals surface area contributed by atoms with Gasteiger partial charge in [-0.3, -0.25) is 9.59 Å². The molecule has 2 aromatic heterocycles. The molecule has 112 valence electrons. The summed E-state index contributed by atoms with van der Waals surface area (Å²) in [4.78, 5) is 27.9. The normalized spacial score (nSPS) is 11.4. The zero-order chi connectivity index (χ0) is 15.7. The largest absolute Gasteiger partial charge is 0.354 e. The van der Waals surface area contributed by atoms with Crippen LogP contribution in [0.15, 0.2) is 29.2 Å². The van der Waals surface area contributed by atoms with Crippen molar-refractivity contribution in [2.75, 3.05) is 7.05 Å². The highest BCUT2D eigenvalue weighted by Crippen LogP contribution is 2.20. The first-order valence-electron chi connectivity index (χ1n) is 6.54. The molecule has 5 nitrogen and oxygen atoms in total. The highest BCUT2D eigenvalue weighted by Gasteiger charge is 2.07. The molecule has 0 spiro atoms. The third kappa shape index (κ3) is 2.72. The molecule has 0 fully saturated rings. The van der Waals surface area contributed by atoms with Gasteiger partial charge in [-0.2, -0.15) is 0 Å². The van der Waals surface area contributed by atoms with Crippen molar-refractivity contribution >= 4 is 50.9 Å². The van der Waals surface area contributed by atoms with E-state index >= 15 is 0 Å². The number of thiazole rings is 2. The molecule has 1 amide bonds. The Labute approximate surface area is 134 Å². The molecule has 0 saturated heterocycles. The standard InChI is InChI=1S/C15H13N3O2S2/c1-16-14(19)12-8-17-13(21-12)6-4-9-3-5-10-11(7-9)22-15(20)18(10)2/h3-8H,1-2H3,(H,16,19). The lowest BCUT2D eigenvalue weighted by atomic mass is 10.2. The van der Waals surface area contributed by atoms with Crippen molar-refractivity contribution < 1.29 is 4.79 Å². The van der Waals surface area contributed by atoms with Gasteiger partial charge in [-0.15, -0.1) is 11.3 Å². The number of nitrogens with one attached hydrogen (secondary N) is 1. The topological polar surface area (TPSA) is 64.0 Å². The number of hydrogen-bond acceptors (Lipinski definition) is 5. The number of carbonyl (C=O) groups excluding carboxylic acids is 1. The lowest BCUT2D eigenvalue weighted by Gasteiger charge is -1.96. The Morgan fingerprint density at radius 3 is 2.91 bits per heavy atom. The average molecular weight is 331 g/mol. The van der Waals surface area contributed by atoms with Gasteiger partial charge in [0.05, 0.1) is 16.4 Å². The summed E-state index contributed by atoms with van der Waals surface area (Å²) >= 11 is 2.57. The molecule has 0 aliphatic carbocycles. The summed E-state index contributed by atoms with van der Waals surface area (Å²) in [6, 6.07) is 5.87. The summed E-state index contributed by atoms with van der Waals surface area (Å²) in [6.45, 7) is 0. The average Bonchev–Trinajstić information content (AvgIpc) is 3.10. The van der Waals surface area contributed by atoms with Gasteiger partial charge in [-0.1, -0.05) is 23.5 Å². The maximum absolute atomic E-state index is 11.6. The van der Waals surface area contributed by atoms with Crippen LogP contribution in [0.2, 0.25) is 0 Å². The van der Waals surface area contributed by atoms with E-state index in [1.807, 2.05) is 30.4 Å². The first-order chi connectivity index (χ1) is 10.6. The minimum atomic E-state index is -0.132. The van der Waals surface area contributed by atoms with Gasteiger partial charge in [0.25, 0.3) is 5.91 Å². The van der Waals surface area contributed by atoms with E-state index in [1.54, 1.807) is 24.9 Å². The van der Waals surface area contributed by atoms with Gasteiger partial charge in [0, 0.05) is 14.1 Å². The molecule has 0 saturated carbocycles. The van der Waals surface area contributed by atoms with Gasteiger partial charge < -0.3 is 9.88 Å². The van der Waals surface area contributed by atoms with E-state index < -0.39 is 0 Å². The molecule has 0 aliphatic heterocycles. The maximum Gasteiger partial charge on any atom is 0.307 e. The Balaban J connectivity index is 1.87. The van der Waals surface area contributed by atoms with E-state index in [4.69, 9.17) is 0 Å². The molecule has 0 aliphatic rings. The monoisotopic (exact) mass is 331 g/mol. The van der Waals surface area contributed by atoms with Crippen molar-refractivity contribution in [3.05, 3.63) is 49.5 Å². The quantitative estimate of drug-likeness (QED) is 0.802. The van der Waals surface area contributed by atoms with Crippen LogP contribution < -0.4 is 10.2 Å². The van der Waals surface area contributed by atoms with Crippen molar-refractivity contribution in [2.45, 2.75) is 0 Å². The zero-order valence-electron chi connectivity index (χ0n) is 12.0. The molecular weight excluding hydrogens is 318 g/mol. The molecule has 0 unspecified atom stereocenters. The van der Waals surface area contributed by atoms with Gasteiger partial charge >= 0.3 is 4.87 Å². The van der Waals surface area contributed by atoms with Crippen molar-refractivity contribution in [3.63, 3.8) is 0 Å². The van der Waals surface area contributed by atoms with Crippen LogP contribution in [0.5, 0.6) is 0 Å². The number of nitrogens with zero attached hydrogens (tertiary/aromatic N) is 2. The van der Waals surface area contributed by atoms with Gasteiger partial charge in [-0.05, 0) is 23.8 Å². The molecule has 0 radical (unpaired) electrons. The van der Waals surface area contributed by atoms with E-state index in [0.29, 0.717) is 4.88 Å². The van der Waals surface area contributed by atoms with Crippen LogP contribution in [0.25, 0.3) is 22.4 Å². The highest BCUT2D eigenvalue weighted by atomic mass is 32.1. The second-order valence-electron chi connectivity index (χ2n) is 4.63. The van der Waals surface area contributed by atoms with Crippen LogP contribution in [-0.4, -0.2) is 22.5 Å². The van der Waals surface area contributed by atoms with Crippen LogP contribution in [0.4, 0.5) is 0 Å². The predicted octanol–water partition coefficient (Wildman–Crippen LogP) is 2.59. The van der Waals surface area contributed by atoms with E-state index in [-0.39, 0.29) is 10.8 Å². The second kappa shape index (κ2) is 5.86. The highest BCUT2D eigenvalue weighted by molar-refractivity contribution is 7.16. The molecule has 0 atom stereocenters.